The van der Waals surface area contributed by atoms with Gasteiger partial charge in [0.25, 0.3) is 10.0 Å². The second kappa shape index (κ2) is 8.97. The standard InChI is InChI=1S/C20H25NO6S/c1-6-13(2)14-7-9-15(10-8-14)28(23,24)21-17-12-19(26-4)18(25-3)11-16(17)20(22)27-5/h7-13,21H,6H2,1-5H3. The zero-order valence-electron chi connectivity index (χ0n) is 16.6. The van der Waals surface area contributed by atoms with Gasteiger partial charge in [0.15, 0.2) is 11.5 Å². The lowest BCUT2D eigenvalue weighted by atomic mass is 9.99. The van der Waals surface area contributed by atoms with Gasteiger partial charge >= 0.3 is 5.97 Å². The molecule has 1 atom stereocenters. The summed E-state index contributed by atoms with van der Waals surface area (Å²) in [6.07, 6.45) is 0.957. The van der Waals surface area contributed by atoms with Crippen LogP contribution in [0.4, 0.5) is 5.69 Å². The van der Waals surface area contributed by atoms with E-state index in [1.165, 1.54) is 33.5 Å². The van der Waals surface area contributed by atoms with Gasteiger partial charge in [-0.1, -0.05) is 26.0 Å². The third kappa shape index (κ3) is 4.56. The Hall–Kier alpha value is -2.74. The zero-order chi connectivity index (χ0) is 20.9. The Kier molecular flexibility index (Phi) is 6.90. The van der Waals surface area contributed by atoms with Crippen molar-refractivity contribution in [3.8, 4) is 11.5 Å². The molecule has 0 aliphatic heterocycles. The molecule has 0 radical (unpaired) electrons. The van der Waals surface area contributed by atoms with Crippen molar-refractivity contribution >= 4 is 21.7 Å². The minimum atomic E-state index is -3.93. The maximum Gasteiger partial charge on any atom is 0.340 e. The number of anilines is 1. The molecule has 0 bridgehead atoms. The highest BCUT2D eigenvalue weighted by molar-refractivity contribution is 7.92. The fourth-order valence-electron chi connectivity index (χ4n) is 2.66. The summed E-state index contributed by atoms with van der Waals surface area (Å²) in [6.45, 7) is 4.15. The first-order chi connectivity index (χ1) is 13.3. The number of rotatable bonds is 8. The normalized spacial score (nSPS) is 12.2. The number of nitrogens with one attached hydrogen (secondary N) is 1. The van der Waals surface area contributed by atoms with Gasteiger partial charge in [-0.2, -0.15) is 0 Å². The molecule has 0 saturated carbocycles. The smallest absolute Gasteiger partial charge is 0.340 e. The fraction of sp³-hybridized carbons (Fsp3) is 0.350. The Morgan fingerprint density at radius 1 is 1.04 bits per heavy atom. The third-order valence-corrected chi connectivity index (χ3v) is 5.93. The number of carbonyl (C=O) groups excluding carboxylic acids is 1. The van der Waals surface area contributed by atoms with E-state index in [-0.39, 0.29) is 27.6 Å². The monoisotopic (exact) mass is 407 g/mol. The van der Waals surface area contributed by atoms with E-state index >= 15 is 0 Å². The van der Waals surface area contributed by atoms with Crippen molar-refractivity contribution in [2.75, 3.05) is 26.1 Å². The number of sulfonamides is 1. The van der Waals surface area contributed by atoms with Gasteiger partial charge < -0.3 is 14.2 Å². The van der Waals surface area contributed by atoms with Gasteiger partial charge in [-0.3, -0.25) is 4.72 Å². The van der Waals surface area contributed by atoms with Crippen LogP contribution in [-0.4, -0.2) is 35.7 Å². The molecule has 0 aliphatic rings. The number of esters is 1. The summed E-state index contributed by atoms with van der Waals surface area (Å²) in [4.78, 5) is 12.2. The molecule has 7 nitrogen and oxygen atoms in total. The first kappa shape index (κ1) is 21.6. The zero-order valence-corrected chi connectivity index (χ0v) is 17.4. The second-order valence-electron chi connectivity index (χ2n) is 6.23. The molecule has 2 aromatic carbocycles. The number of ether oxygens (including phenoxy) is 3. The summed E-state index contributed by atoms with van der Waals surface area (Å²) in [6, 6.07) is 9.42. The summed E-state index contributed by atoms with van der Waals surface area (Å²) >= 11 is 0. The van der Waals surface area contributed by atoms with Crippen LogP contribution in [-0.2, 0) is 14.8 Å². The number of methoxy groups -OCH3 is 3. The molecule has 8 heteroatoms. The Morgan fingerprint density at radius 2 is 1.61 bits per heavy atom. The molecule has 0 amide bonds. The van der Waals surface area contributed by atoms with Crippen molar-refractivity contribution in [3.05, 3.63) is 47.5 Å². The SMILES string of the molecule is CCC(C)c1ccc(S(=O)(=O)Nc2cc(OC)c(OC)cc2C(=O)OC)cc1. The lowest BCUT2D eigenvalue weighted by molar-refractivity contribution is 0.0601. The largest absolute Gasteiger partial charge is 0.493 e. The minimum Gasteiger partial charge on any atom is -0.493 e. The van der Waals surface area contributed by atoms with Crippen LogP contribution in [0.1, 0.15) is 42.1 Å². The predicted octanol–water partition coefficient (Wildman–Crippen LogP) is 3.80. The number of benzene rings is 2. The summed E-state index contributed by atoms with van der Waals surface area (Å²) < 4.78 is 43.3. The van der Waals surface area contributed by atoms with Crippen LogP contribution in [0.5, 0.6) is 11.5 Å². The molecule has 1 N–H and O–H groups in total. The Bertz CT molecular complexity index is 938. The Labute approximate surface area is 165 Å². The van der Waals surface area contributed by atoms with Crippen molar-refractivity contribution in [1.82, 2.24) is 0 Å². The van der Waals surface area contributed by atoms with Crippen molar-refractivity contribution in [3.63, 3.8) is 0 Å². The molecular formula is C20H25NO6S. The van der Waals surface area contributed by atoms with Crippen LogP contribution >= 0.6 is 0 Å². The molecule has 0 spiro atoms. The van der Waals surface area contributed by atoms with Gasteiger partial charge in [-0.25, -0.2) is 13.2 Å². The highest BCUT2D eigenvalue weighted by atomic mass is 32.2. The first-order valence-corrected chi connectivity index (χ1v) is 10.2. The molecule has 1 unspecified atom stereocenters. The van der Waals surface area contributed by atoms with Gasteiger partial charge in [0, 0.05) is 12.1 Å². The first-order valence-electron chi connectivity index (χ1n) is 8.74. The van der Waals surface area contributed by atoms with Gasteiger partial charge in [0.1, 0.15) is 0 Å². The lowest BCUT2D eigenvalue weighted by Crippen LogP contribution is -2.16. The maximum atomic E-state index is 12.8. The van der Waals surface area contributed by atoms with E-state index in [2.05, 4.69) is 18.6 Å². The van der Waals surface area contributed by atoms with Gasteiger partial charge in [-0.05, 0) is 30.0 Å². The van der Waals surface area contributed by atoms with Crippen molar-refractivity contribution in [2.24, 2.45) is 0 Å². The second-order valence-corrected chi connectivity index (χ2v) is 7.91. The topological polar surface area (TPSA) is 90.9 Å². The Balaban J connectivity index is 2.46. The van der Waals surface area contributed by atoms with Crippen LogP contribution in [0.3, 0.4) is 0 Å². The molecule has 28 heavy (non-hydrogen) atoms. The summed E-state index contributed by atoms with van der Waals surface area (Å²) in [5, 5.41) is 0. The number of hydrogen-bond donors (Lipinski definition) is 1. The average Bonchev–Trinajstić information content (AvgIpc) is 2.71. The maximum absolute atomic E-state index is 12.8. The molecule has 0 aromatic heterocycles. The summed E-state index contributed by atoms with van der Waals surface area (Å²) in [5.74, 6) is 0.191. The van der Waals surface area contributed by atoms with Crippen LogP contribution in [0.15, 0.2) is 41.3 Å². The van der Waals surface area contributed by atoms with Crippen LogP contribution in [0.2, 0.25) is 0 Å². The summed E-state index contributed by atoms with van der Waals surface area (Å²) in [7, 11) is 0.124. The van der Waals surface area contributed by atoms with Crippen molar-refractivity contribution in [1.29, 1.82) is 0 Å². The molecular weight excluding hydrogens is 382 g/mol. The van der Waals surface area contributed by atoms with Crippen LogP contribution in [0.25, 0.3) is 0 Å². The van der Waals surface area contributed by atoms with E-state index in [0.29, 0.717) is 5.92 Å². The third-order valence-electron chi connectivity index (χ3n) is 4.55. The van der Waals surface area contributed by atoms with Crippen LogP contribution in [0, 0.1) is 0 Å². The molecule has 2 rings (SSSR count). The fourth-order valence-corrected chi connectivity index (χ4v) is 3.73. The van der Waals surface area contributed by atoms with E-state index in [0.717, 1.165) is 12.0 Å². The molecule has 2 aromatic rings. The quantitative estimate of drug-likeness (QED) is 0.669. The van der Waals surface area contributed by atoms with Crippen LogP contribution < -0.4 is 14.2 Å². The van der Waals surface area contributed by atoms with Gasteiger partial charge in [0.2, 0.25) is 0 Å². The van der Waals surface area contributed by atoms with Crippen molar-refractivity contribution < 1.29 is 27.4 Å². The Morgan fingerprint density at radius 3 is 2.11 bits per heavy atom. The lowest BCUT2D eigenvalue weighted by Gasteiger charge is -2.16. The predicted molar refractivity (Wildman–Crippen MR) is 107 cm³/mol. The molecule has 0 saturated heterocycles. The average molecular weight is 407 g/mol. The highest BCUT2D eigenvalue weighted by Gasteiger charge is 2.22. The molecule has 0 heterocycles. The molecule has 0 aliphatic carbocycles. The van der Waals surface area contributed by atoms with E-state index < -0.39 is 16.0 Å². The number of carbonyl (C=O) groups is 1. The number of hydrogen-bond acceptors (Lipinski definition) is 6. The van der Waals surface area contributed by atoms with Gasteiger partial charge in [-0.15, -0.1) is 0 Å². The molecule has 0 fully saturated rings. The van der Waals surface area contributed by atoms with E-state index in [9.17, 15) is 13.2 Å². The minimum absolute atomic E-state index is 0.0138. The summed E-state index contributed by atoms with van der Waals surface area (Å²) in [5.41, 5.74) is 1.11. The van der Waals surface area contributed by atoms with Crippen molar-refractivity contribution in [2.45, 2.75) is 31.1 Å². The van der Waals surface area contributed by atoms with Gasteiger partial charge in [0.05, 0.1) is 37.5 Å². The molecule has 152 valence electrons. The van der Waals surface area contributed by atoms with E-state index in [4.69, 9.17) is 14.2 Å². The highest BCUT2D eigenvalue weighted by Crippen LogP contribution is 2.35. The van der Waals surface area contributed by atoms with E-state index in [1.807, 2.05) is 0 Å². The van der Waals surface area contributed by atoms with E-state index in [1.54, 1.807) is 24.3 Å².